The lowest BCUT2D eigenvalue weighted by atomic mass is 10.2. The van der Waals surface area contributed by atoms with Crippen molar-refractivity contribution in [2.75, 3.05) is 201 Å². The monoisotopic (exact) mass is 1320 g/mol. The van der Waals surface area contributed by atoms with Crippen molar-refractivity contribution >= 4 is 23.8 Å². The van der Waals surface area contributed by atoms with Gasteiger partial charge in [0.05, 0.1) is 139 Å². The van der Waals surface area contributed by atoms with Gasteiger partial charge in [-0.25, -0.2) is 4.79 Å². The Labute approximate surface area is 533 Å². The van der Waals surface area contributed by atoms with Crippen LogP contribution in [0.3, 0.4) is 0 Å². The number of imide groups is 1. The van der Waals surface area contributed by atoms with E-state index in [0.717, 1.165) is 11.1 Å². The molecule has 3 rings (SSSR count). The average Bonchev–Trinajstić information content (AvgIpc) is 3.97. The number of aliphatic carboxylic acids is 1. The van der Waals surface area contributed by atoms with Crippen molar-refractivity contribution in [2.24, 2.45) is 0 Å². The summed E-state index contributed by atoms with van der Waals surface area (Å²) in [5.74, 6) is -2.58. The minimum absolute atomic E-state index is 0.0151. The lowest BCUT2D eigenvalue weighted by Gasteiger charge is -2.18. The number of carbonyl (C=O) groups is 4. The number of rotatable bonds is 55. The molecule has 0 unspecified atom stereocenters. The molecule has 0 aliphatic carbocycles. The third-order valence-electron chi connectivity index (χ3n) is 10.6. The van der Waals surface area contributed by atoms with Crippen LogP contribution in [0.25, 0.3) is 0 Å². The average molecular weight is 1320 g/mol. The van der Waals surface area contributed by atoms with Gasteiger partial charge in [-0.3, -0.25) is 14.4 Å². The Morgan fingerprint density at radius 1 is 0.429 bits per heavy atom. The molecule has 8 N–H and O–H groups in total. The van der Waals surface area contributed by atoms with E-state index >= 15 is 0 Å². The van der Waals surface area contributed by atoms with E-state index in [9.17, 15) is 19.2 Å². The Kier molecular flexibility index (Phi) is 66.6. The smallest absolute Gasteiger partial charge is 0.333 e. The lowest BCUT2D eigenvalue weighted by molar-refractivity contribution is -0.197. The van der Waals surface area contributed by atoms with Crippen LogP contribution in [-0.2, 0) is 122 Å². The van der Waals surface area contributed by atoms with Gasteiger partial charge in [-0.15, -0.1) is 5.06 Å². The Morgan fingerprint density at radius 3 is 1.08 bits per heavy atom. The molecule has 0 bridgehead atoms. The molecular weight excluding hydrogens is 1220 g/mol. The zero-order chi connectivity index (χ0) is 67.5. The minimum Gasteiger partial charge on any atom is -0.481 e. The number of aliphatic hydroxyl groups is 7. The molecule has 1 fully saturated rings. The van der Waals surface area contributed by atoms with Crippen LogP contribution < -0.4 is 0 Å². The van der Waals surface area contributed by atoms with Crippen molar-refractivity contribution in [3.05, 3.63) is 71.8 Å². The highest BCUT2D eigenvalue weighted by Crippen LogP contribution is 2.13. The molecule has 2 aromatic rings. The molecule has 530 valence electrons. The summed E-state index contributed by atoms with van der Waals surface area (Å²) >= 11 is 0. The summed E-state index contributed by atoms with van der Waals surface area (Å²) < 4.78 is 91.8. The van der Waals surface area contributed by atoms with Gasteiger partial charge in [0.25, 0.3) is 11.8 Å². The molecule has 2 aromatic carbocycles. The van der Waals surface area contributed by atoms with Crippen LogP contribution in [-0.4, -0.2) is 302 Å². The van der Waals surface area contributed by atoms with Crippen molar-refractivity contribution in [2.45, 2.75) is 82.3 Å². The van der Waals surface area contributed by atoms with E-state index in [1.54, 1.807) is 14.2 Å². The van der Waals surface area contributed by atoms with Gasteiger partial charge in [-0.1, -0.05) is 60.7 Å². The summed E-state index contributed by atoms with van der Waals surface area (Å²) in [6, 6.07) is 19.7. The van der Waals surface area contributed by atoms with Crippen molar-refractivity contribution in [1.82, 2.24) is 5.06 Å². The predicted molar refractivity (Wildman–Crippen MR) is 318 cm³/mol. The van der Waals surface area contributed by atoms with Gasteiger partial charge in [0.15, 0.2) is 0 Å². The number of carbonyl (C=O) groups excluding carboxylic acids is 3. The largest absolute Gasteiger partial charge is 0.481 e. The standard InChI is InChI=1S/C15H25NO9.C14H22O5.C12H18O5.C11H22O7.C7H16O5/c17-5-8-22-10-12(11-23-9-6-18)24-7-1-2-15(21)25-16-13(19)3-4-14(16)20;1-15-11-17-9-14(10-18-12-16-2)19-8-13-6-4-3-5-7-13;13-9-15-7-12(8-16-10-14)17-6-11-4-2-1-3-5-11;12-3-6-16-8-10(9-17-7-4-13)18-5-1-2-11(14)15;1-9-5-11-3-7(8)4-12-6-10-2/h12,17-18H,1-11H2;3-7,14H,8-12H2,1-2H3;1-5,12-14H,6-10H2;10,12-13H,1-9H2,(H,14,15);7-8H,3-6H2,1-2H3. The van der Waals surface area contributed by atoms with Gasteiger partial charge < -0.3 is 131 Å². The molecule has 32 heteroatoms. The number of methoxy groups -OCH3 is 4. The number of hydrogen-bond acceptors (Lipinski definition) is 30. The van der Waals surface area contributed by atoms with Crippen molar-refractivity contribution in [3.63, 3.8) is 0 Å². The van der Waals surface area contributed by atoms with Gasteiger partial charge in [-0.05, 0) is 24.0 Å². The third kappa shape index (κ3) is 59.0. The van der Waals surface area contributed by atoms with E-state index in [1.165, 1.54) is 14.2 Å². The Morgan fingerprint density at radius 2 is 0.747 bits per heavy atom. The maximum Gasteiger partial charge on any atom is 0.333 e. The van der Waals surface area contributed by atoms with Crippen LogP contribution >= 0.6 is 0 Å². The number of hydrogen-bond donors (Lipinski definition) is 8. The minimum atomic E-state index is -0.858. The third-order valence-corrected chi connectivity index (χ3v) is 10.6. The number of amides is 2. The molecule has 91 heavy (non-hydrogen) atoms. The fourth-order valence-corrected chi connectivity index (χ4v) is 6.49. The topological polar surface area (TPSA) is 409 Å². The molecule has 2 amide bonds. The Balaban J connectivity index is 0. The molecule has 0 saturated carbocycles. The molecule has 32 nitrogen and oxygen atoms in total. The fourth-order valence-electron chi connectivity index (χ4n) is 6.49. The van der Waals surface area contributed by atoms with Gasteiger partial charge in [0, 0.05) is 60.9 Å². The zero-order valence-corrected chi connectivity index (χ0v) is 53.1. The summed E-state index contributed by atoms with van der Waals surface area (Å²) in [5.41, 5.74) is 2.16. The van der Waals surface area contributed by atoms with Crippen LogP contribution in [0.2, 0.25) is 0 Å². The van der Waals surface area contributed by atoms with Crippen molar-refractivity contribution < 1.29 is 150 Å². The van der Waals surface area contributed by atoms with Crippen molar-refractivity contribution in [1.29, 1.82) is 0 Å². The zero-order valence-electron chi connectivity index (χ0n) is 53.1. The Bertz CT molecular complexity index is 1820. The second-order valence-electron chi connectivity index (χ2n) is 18.4. The normalized spacial score (nSPS) is 12.0. The number of aliphatic hydroxyl groups excluding tert-OH is 7. The van der Waals surface area contributed by atoms with Gasteiger partial charge >= 0.3 is 11.9 Å². The van der Waals surface area contributed by atoms with E-state index in [1.807, 2.05) is 60.7 Å². The first kappa shape index (κ1) is 88.6. The summed E-state index contributed by atoms with van der Waals surface area (Å²) in [5, 5.41) is 69.8. The fraction of sp³-hybridized carbons (Fsp3) is 0.729. The summed E-state index contributed by atoms with van der Waals surface area (Å²) in [6.45, 7) is 4.69. The number of hydroxylamine groups is 2. The van der Waals surface area contributed by atoms with Crippen LogP contribution in [0.1, 0.15) is 49.7 Å². The first-order valence-electron chi connectivity index (χ1n) is 29.2. The van der Waals surface area contributed by atoms with E-state index in [2.05, 4.69) is 9.47 Å². The van der Waals surface area contributed by atoms with Gasteiger partial charge in [0.2, 0.25) is 0 Å². The van der Waals surface area contributed by atoms with Crippen molar-refractivity contribution in [3.8, 4) is 0 Å². The number of benzene rings is 2. The highest BCUT2D eigenvalue weighted by Gasteiger charge is 2.32. The SMILES string of the molecule is COCOCC(COCOC)OCc1ccccc1.COCOCC(O)COCOC.O=C(CCCOC(COCCO)COCCO)ON1C(=O)CCC1=O.O=C(O)CCCOC(COCCO)COCCO.OCOCC(COCO)OCc1ccccc1. The number of carboxylic acids is 1. The number of nitrogens with zero attached hydrogens (tertiary/aromatic N) is 1. The van der Waals surface area contributed by atoms with E-state index in [0.29, 0.717) is 50.9 Å². The van der Waals surface area contributed by atoms with Crippen LogP contribution in [0, 0.1) is 0 Å². The van der Waals surface area contributed by atoms with E-state index in [-0.39, 0.29) is 197 Å². The highest BCUT2D eigenvalue weighted by molar-refractivity contribution is 6.01. The number of carboxylic acid groups (broad SMARTS) is 1. The molecule has 1 aliphatic rings. The quantitative estimate of drug-likeness (QED) is 0.0244. The summed E-state index contributed by atoms with van der Waals surface area (Å²) in [6.07, 6.45) is -0.919. The molecule has 1 heterocycles. The lowest BCUT2D eigenvalue weighted by Crippen LogP contribution is -2.32. The first-order valence-corrected chi connectivity index (χ1v) is 29.2. The first-order chi connectivity index (χ1) is 44.3. The molecule has 0 aromatic heterocycles. The summed E-state index contributed by atoms with van der Waals surface area (Å²) in [7, 11) is 6.21. The predicted octanol–water partition coefficient (Wildman–Crippen LogP) is -0.0633. The van der Waals surface area contributed by atoms with Crippen LogP contribution in [0.15, 0.2) is 60.7 Å². The maximum absolute atomic E-state index is 11.6. The highest BCUT2D eigenvalue weighted by atomic mass is 16.7. The molecule has 0 spiro atoms. The second-order valence-corrected chi connectivity index (χ2v) is 18.4. The molecule has 1 saturated heterocycles. The second kappa shape index (κ2) is 68.4. The molecular formula is C59H103NO31. The van der Waals surface area contributed by atoms with Crippen LogP contribution in [0.4, 0.5) is 0 Å². The molecule has 0 atom stereocenters. The van der Waals surface area contributed by atoms with Gasteiger partial charge in [-0.2, -0.15) is 0 Å². The van der Waals surface area contributed by atoms with E-state index in [4.69, 9.17) is 121 Å². The Hall–Kier alpha value is -4.48. The number of ether oxygens (including phenoxy) is 18. The molecule has 1 aliphatic heterocycles. The molecule has 0 radical (unpaired) electrons. The maximum atomic E-state index is 11.6. The van der Waals surface area contributed by atoms with Gasteiger partial charge in [0.1, 0.15) is 71.3 Å². The van der Waals surface area contributed by atoms with E-state index < -0.39 is 36.0 Å². The van der Waals surface area contributed by atoms with Crippen LogP contribution in [0.5, 0.6) is 0 Å². The summed E-state index contributed by atoms with van der Waals surface area (Å²) in [4.78, 5) is 49.3.